The fourth-order valence-electron chi connectivity index (χ4n) is 4.05. The third-order valence-corrected chi connectivity index (χ3v) is 5.46. The molecule has 5 N–H and O–H groups in total. The van der Waals surface area contributed by atoms with Crippen molar-refractivity contribution in [3.05, 3.63) is 69.8 Å². The van der Waals surface area contributed by atoms with Gasteiger partial charge in [-0.1, -0.05) is 35.5 Å². The van der Waals surface area contributed by atoms with Crippen LogP contribution in [0.25, 0.3) is 0 Å². The van der Waals surface area contributed by atoms with Crippen LogP contribution in [0, 0.1) is 11.3 Å². The highest BCUT2D eigenvalue weighted by Crippen LogP contribution is 2.32. The molecule has 0 heterocycles. The van der Waals surface area contributed by atoms with Crippen LogP contribution in [-0.2, 0) is 12.8 Å². The van der Waals surface area contributed by atoms with Crippen LogP contribution in [-0.4, -0.2) is 21.3 Å². The molecule has 2 aromatic rings. The number of aliphatic hydroxyl groups excluding tert-OH is 2. The Balaban J connectivity index is 0.000000162. The van der Waals surface area contributed by atoms with E-state index < -0.39 is 6.10 Å². The maximum atomic E-state index is 9.80. The van der Waals surface area contributed by atoms with Gasteiger partial charge in [0.25, 0.3) is 0 Å². The van der Waals surface area contributed by atoms with E-state index in [0.29, 0.717) is 0 Å². The van der Waals surface area contributed by atoms with Gasteiger partial charge in [-0.05, 0) is 66.8 Å². The van der Waals surface area contributed by atoms with Gasteiger partial charge in [-0.25, -0.2) is 0 Å². The van der Waals surface area contributed by atoms with Gasteiger partial charge >= 0.3 is 0 Å². The molecule has 6 nitrogen and oxygen atoms in total. The number of nitrogens with zero attached hydrogens (tertiary/aromatic N) is 2. The minimum atomic E-state index is -0.416. The zero-order valence-electron chi connectivity index (χ0n) is 15.7. The Bertz CT molecular complexity index is 918. The van der Waals surface area contributed by atoms with Crippen molar-refractivity contribution in [1.29, 1.82) is 5.26 Å². The summed E-state index contributed by atoms with van der Waals surface area (Å²) >= 11 is 0. The van der Waals surface area contributed by atoms with E-state index in [0.717, 1.165) is 71.9 Å². The standard InChI is InChI=1S/C11H14N2O2.C11H11NO/c12-11(13-15)9-5-1-4-8-7(9)3-2-6-10(8)14;12-7-8-3-1-5-10-9(8)4-2-6-11(10)13/h1,4-5,10,14-15H,2-3,6H2,(H2,12,13);1,3,5,11,13H,2,4,6H2/t10-;11-/m11/s1. The van der Waals surface area contributed by atoms with Crippen molar-refractivity contribution in [2.75, 3.05) is 0 Å². The number of benzene rings is 2. The lowest BCUT2D eigenvalue weighted by Crippen LogP contribution is -2.19. The van der Waals surface area contributed by atoms with Crippen LogP contribution in [0.4, 0.5) is 0 Å². The highest BCUT2D eigenvalue weighted by molar-refractivity contribution is 5.98. The Hall–Kier alpha value is -2.88. The molecule has 2 atom stereocenters. The van der Waals surface area contributed by atoms with Gasteiger partial charge in [0.05, 0.1) is 23.8 Å². The minimum absolute atomic E-state index is 0.112. The quantitative estimate of drug-likeness (QED) is 0.262. The van der Waals surface area contributed by atoms with Gasteiger partial charge in [0, 0.05) is 5.56 Å². The molecule has 0 amide bonds. The van der Waals surface area contributed by atoms with Gasteiger partial charge in [-0.15, -0.1) is 0 Å². The summed E-state index contributed by atoms with van der Waals surface area (Å²) < 4.78 is 0. The van der Waals surface area contributed by atoms with E-state index in [9.17, 15) is 10.2 Å². The minimum Gasteiger partial charge on any atom is -0.409 e. The molecular formula is C22H25N3O3. The maximum Gasteiger partial charge on any atom is 0.170 e. The Labute approximate surface area is 164 Å². The van der Waals surface area contributed by atoms with E-state index in [1.165, 1.54) is 0 Å². The van der Waals surface area contributed by atoms with Crippen LogP contribution < -0.4 is 5.73 Å². The van der Waals surface area contributed by atoms with E-state index in [1.54, 1.807) is 0 Å². The number of oxime groups is 1. The Kier molecular flexibility index (Phi) is 6.30. The predicted molar refractivity (Wildman–Crippen MR) is 106 cm³/mol. The fourth-order valence-corrected chi connectivity index (χ4v) is 4.05. The molecule has 0 unspecified atom stereocenters. The van der Waals surface area contributed by atoms with Gasteiger partial charge in [0.15, 0.2) is 5.84 Å². The third kappa shape index (κ3) is 4.01. The number of nitrogens with two attached hydrogens (primary N) is 1. The lowest BCUT2D eigenvalue weighted by atomic mass is 9.86. The summed E-state index contributed by atoms with van der Waals surface area (Å²) in [5, 5.41) is 40.0. The molecule has 2 aliphatic rings. The zero-order valence-corrected chi connectivity index (χ0v) is 15.7. The second kappa shape index (κ2) is 8.87. The second-order valence-electron chi connectivity index (χ2n) is 7.16. The molecule has 0 aromatic heterocycles. The summed E-state index contributed by atoms with van der Waals surface area (Å²) in [6.07, 6.45) is 4.54. The monoisotopic (exact) mass is 379 g/mol. The van der Waals surface area contributed by atoms with E-state index >= 15 is 0 Å². The van der Waals surface area contributed by atoms with E-state index in [-0.39, 0.29) is 11.9 Å². The highest BCUT2D eigenvalue weighted by Gasteiger charge is 2.21. The number of fused-ring (bicyclic) bond motifs is 2. The number of rotatable bonds is 1. The average molecular weight is 379 g/mol. The molecule has 0 saturated carbocycles. The smallest absolute Gasteiger partial charge is 0.170 e. The van der Waals surface area contributed by atoms with Crippen molar-refractivity contribution in [3.63, 3.8) is 0 Å². The third-order valence-electron chi connectivity index (χ3n) is 5.46. The molecule has 4 rings (SSSR count). The molecule has 2 aromatic carbocycles. The van der Waals surface area contributed by atoms with Gasteiger partial charge in [-0.2, -0.15) is 5.26 Å². The molecule has 0 radical (unpaired) electrons. The summed E-state index contributed by atoms with van der Waals surface area (Å²) in [5.74, 6) is 0.112. The van der Waals surface area contributed by atoms with Crippen LogP contribution in [0.5, 0.6) is 0 Å². The molecule has 0 spiro atoms. The fraction of sp³-hybridized carbons (Fsp3) is 0.364. The van der Waals surface area contributed by atoms with Gasteiger partial charge < -0.3 is 21.2 Å². The Morgan fingerprint density at radius 1 is 0.964 bits per heavy atom. The molecule has 0 saturated heterocycles. The van der Waals surface area contributed by atoms with Crippen molar-refractivity contribution < 1.29 is 15.4 Å². The first-order valence-electron chi connectivity index (χ1n) is 9.54. The van der Waals surface area contributed by atoms with Crippen LogP contribution >= 0.6 is 0 Å². The molecule has 6 heteroatoms. The summed E-state index contributed by atoms with van der Waals surface area (Å²) in [6.45, 7) is 0. The largest absolute Gasteiger partial charge is 0.409 e. The molecule has 0 fully saturated rings. The van der Waals surface area contributed by atoms with Gasteiger partial charge in [0.1, 0.15) is 0 Å². The topological polar surface area (TPSA) is 123 Å². The van der Waals surface area contributed by atoms with Crippen LogP contribution in [0.3, 0.4) is 0 Å². The first-order valence-corrected chi connectivity index (χ1v) is 9.54. The van der Waals surface area contributed by atoms with E-state index in [1.807, 2.05) is 36.4 Å². The number of aliphatic hydroxyl groups is 2. The highest BCUT2D eigenvalue weighted by atomic mass is 16.4. The molecular weight excluding hydrogens is 354 g/mol. The number of hydrogen-bond donors (Lipinski definition) is 4. The van der Waals surface area contributed by atoms with E-state index in [2.05, 4.69) is 11.2 Å². The number of nitriles is 1. The summed E-state index contributed by atoms with van der Waals surface area (Å²) in [4.78, 5) is 0. The van der Waals surface area contributed by atoms with Crippen LogP contribution in [0.1, 0.15) is 71.3 Å². The lowest BCUT2D eigenvalue weighted by molar-refractivity contribution is 0.156. The van der Waals surface area contributed by atoms with Crippen molar-refractivity contribution in [2.24, 2.45) is 10.9 Å². The van der Waals surface area contributed by atoms with Gasteiger partial charge in [0.2, 0.25) is 0 Å². The first-order chi connectivity index (χ1) is 13.6. The van der Waals surface area contributed by atoms with Crippen molar-refractivity contribution in [2.45, 2.75) is 50.7 Å². The SMILES string of the molecule is N#Cc1cccc2c1CCC[C@H]2O.NC(=NO)c1cccc2c1CCC[C@H]2O. The second-order valence-corrected chi connectivity index (χ2v) is 7.16. The van der Waals surface area contributed by atoms with Crippen molar-refractivity contribution in [3.8, 4) is 6.07 Å². The summed E-state index contributed by atoms with van der Waals surface area (Å²) in [7, 11) is 0. The zero-order chi connectivity index (χ0) is 20.1. The molecule has 2 aliphatic carbocycles. The van der Waals surface area contributed by atoms with Gasteiger partial charge in [-0.3, -0.25) is 0 Å². The van der Waals surface area contributed by atoms with Crippen molar-refractivity contribution in [1.82, 2.24) is 0 Å². The Morgan fingerprint density at radius 3 is 2.14 bits per heavy atom. The predicted octanol–water partition coefficient (Wildman–Crippen LogP) is 3.08. The molecule has 0 aliphatic heterocycles. The molecule has 146 valence electrons. The number of hydrogen-bond acceptors (Lipinski definition) is 5. The average Bonchev–Trinajstić information content (AvgIpc) is 2.73. The molecule has 0 bridgehead atoms. The van der Waals surface area contributed by atoms with Crippen molar-refractivity contribution >= 4 is 5.84 Å². The normalized spacial score (nSPS) is 20.8. The number of amidine groups is 1. The maximum absolute atomic E-state index is 9.80. The summed E-state index contributed by atoms with van der Waals surface area (Å²) in [5.41, 5.74) is 10.9. The van der Waals surface area contributed by atoms with Crippen LogP contribution in [0.15, 0.2) is 41.6 Å². The molecule has 28 heavy (non-hydrogen) atoms. The first kappa shape index (κ1) is 19.9. The van der Waals surface area contributed by atoms with Crippen LogP contribution in [0.2, 0.25) is 0 Å². The Morgan fingerprint density at radius 2 is 1.54 bits per heavy atom. The van der Waals surface area contributed by atoms with E-state index in [4.69, 9.17) is 16.2 Å². The summed E-state index contributed by atoms with van der Waals surface area (Å²) in [6, 6.07) is 13.3. The lowest BCUT2D eigenvalue weighted by Gasteiger charge is -2.23.